The topological polar surface area (TPSA) is 54.0 Å². The number of anilines is 2. The Morgan fingerprint density at radius 1 is 1.20 bits per heavy atom. The van der Waals surface area contributed by atoms with Crippen LogP contribution in [-0.4, -0.2) is 17.4 Å². The highest BCUT2D eigenvalue weighted by Gasteiger charge is 2.08. The summed E-state index contributed by atoms with van der Waals surface area (Å²) in [6, 6.07) is 11.2. The first-order valence-corrected chi connectivity index (χ1v) is 6.69. The van der Waals surface area contributed by atoms with Crippen LogP contribution in [0.3, 0.4) is 0 Å². The van der Waals surface area contributed by atoms with Gasteiger partial charge in [0.25, 0.3) is 5.91 Å². The lowest BCUT2D eigenvalue weighted by Gasteiger charge is -2.10. The molecular formula is C16H19N3O. The van der Waals surface area contributed by atoms with E-state index in [1.54, 1.807) is 6.07 Å². The molecule has 4 heteroatoms. The van der Waals surface area contributed by atoms with Crippen molar-refractivity contribution >= 4 is 17.4 Å². The predicted octanol–water partition coefficient (Wildman–Crippen LogP) is 3.38. The van der Waals surface area contributed by atoms with Crippen LogP contribution in [0.1, 0.15) is 28.5 Å². The Balaban J connectivity index is 2.15. The van der Waals surface area contributed by atoms with Gasteiger partial charge >= 0.3 is 0 Å². The maximum absolute atomic E-state index is 12.2. The number of benzene rings is 1. The molecule has 0 unspecified atom stereocenters. The Morgan fingerprint density at radius 3 is 2.65 bits per heavy atom. The van der Waals surface area contributed by atoms with Crippen molar-refractivity contribution < 1.29 is 4.79 Å². The average molecular weight is 269 g/mol. The highest BCUT2D eigenvalue weighted by molar-refractivity contribution is 6.04. The van der Waals surface area contributed by atoms with Crippen molar-refractivity contribution in [3.05, 3.63) is 53.2 Å². The van der Waals surface area contributed by atoms with Crippen LogP contribution < -0.4 is 10.6 Å². The summed E-state index contributed by atoms with van der Waals surface area (Å²) in [6.45, 7) is 6.79. The normalized spacial score (nSPS) is 10.2. The summed E-state index contributed by atoms with van der Waals surface area (Å²) in [5.74, 6) is 0.428. The summed E-state index contributed by atoms with van der Waals surface area (Å²) in [4.78, 5) is 16.4. The fourth-order valence-corrected chi connectivity index (χ4v) is 1.99. The van der Waals surface area contributed by atoms with E-state index in [1.807, 2.05) is 51.1 Å². The van der Waals surface area contributed by atoms with Crippen LogP contribution in [-0.2, 0) is 0 Å². The molecule has 0 saturated heterocycles. The molecule has 4 nitrogen and oxygen atoms in total. The Morgan fingerprint density at radius 2 is 2.00 bits per heavy atom. The van der Waals surface area contributed by atoms with Crippen molar-refractivity contribution in [1.29, 1.82) is 0 Å². The van der Waals surface area contributed by atoms with Crippen molar-refractivity contribution in [3.8, 4) is 0 Å². The zero-order valence-electron chi connectivity index (χ0n) is 12.0. The molecule has 20 heavy (non-hydrogen) atoms. The highest BCUT2D eigenvalue weighted by Crippen LogP contribution is 2.17. The van der Waals surface area contributed by atoms with Crippen molar-refractivity contribution in [2.24, 2.45) is 0 Å². The molecular weight excluding hydrogens is 250 g/mol. The fourth-order valence-electron chi connectivity index (χ4n) is 1.99. The van der Waals surface area contributed by atoms with E-state index in [1.165, 1.54) is 0 Å². The number of carbonyl (C=O) groups is 1. The van der Waals surface area contributed by atoms with Crippen LogP contribution in [0.5, 0.6) is 0 Å². The maximum Gasteiger partial charge on any atom is 0.256 e. The molecule has 0 saturated carbocycles. The van der Waals surface area contributed by atoms with Crippen molar-refractivity contribution in [2.75, 3.05) is 17.2 Å². The van der Waals surface area contributed by atoms with E-state index in [0.717, 1.165) is 23.5 Å². The number of carbonyl (C=O) groups excluding carboxylic acids is 1. The number of hydrogen-bond acceptors (Lipinski definition) is 3. The smallest absolute Gasteiger partial charge is 0.256 e. The zero-order valence-corrected chi connectivity index (χ0v) is 12.0. The molecule has 0 fully saturated rings. The van der Waals surface area contributed by atoms with Crippen LogP contribution >= 0.6 is 0 Å². The lowest BCUT2D eigenvalue weighted by Crippen LogP contribution is -2.13. The molecule has 0 atom stereocenters. The summed E-state index contributed by atoms with van der Waals surface area (Å²) >= 11 is 0. The van der Waals surface area contributed by atoms with E-state index in [4.69, 9.17) is 0 Å². The second-order valence-electron chi connectivity index (χ2n) is 4.68. The molecule has 1 heterocycles. The van der Waals surface area contributed by atoms with Crippen molar-refractivity contribution in [1.82, 2.24) is 4.98 Å². The van der Waals surface area contributed by atoms with Crippen LogP contribution in [0.4, 0.5) is 11.5 Å². The van der Waals surface area contributed by atoms with E-state index in [-0.39, 0.29) is 5.91 Å². The molecule has 1 aromatic carbocycles. The van der Waals surface area contributed by atoms with Crippen LogP contribution in [0.2, 0.25) is 0 Å². The first-order valence-electron chi connectivity index (χ1n) is 6.69. The first kappa shape index (κ1) is 14.1. The van der Waals surface area contributed by atoms with E-state index in [2.05, 4.69) is 15.6 Å². The molecule has 2 rings (SSSR count). The van der Waals surface area contributed by atoms with E-state index < -0.39 is 0 Å². The molecule has 1 aromatic heterocycles. The largest absolute Gasteiger partial charge is 0.385 e. The average Bonchev–Trinajstić information content (AvgIpc) is 2.41. The molecule has 0 radical (unpaired) electrons. The number of rotatable bonds is 4. The van der Waals surface area contributed by atoms with Gasteiger partial charge in [-0.05, 0) is 56.7 Å². The SMILES string of the molecule is CCNc1ccc(C(=O)Nc2cccc(C)n2)cc1C. The number of hydrogen-bond donors (Lipinski definition) is 2. The minimum absolute atomic E-state index is 0.144. The van der Waals surface area contributed by atoms with Gasteiger partial charge in [-0.3, -0.25) is 4.79 Å². The van der Waals surface area contributed by atoms with Gasteiger partial charge in [0.1, 0.15) is 5.82 Å². The second-order valence-corrected chi connectivity index (χ2v) is 4.68. The number of pyridine rings is 1. The van der Waals surface area contributed by atoms with Crippen LogP contribution in [0.15, 0.2) is 36.4 Å². The minimum atomic E-state index is -0.144. The molecule has 0 aliphatic rings. The van der Waals surface area contributed by atoms with Gasteiger partial charge < -0.3 is 10.6 Å². The van der Waals surface area contributed by atoms with Gasteiger partial charge in [-0.15, -0.1) is 0 Å². The van der Waals surface area contributed by atoms with E-state index in [9.17, 15) is 4.79 Å². The summed E-state index contributed by atoms with van der Waals surface area (Å²) < 4.78 is 0. The lowest BCUT2D eigenvalue weighted by molar-refractivity contribution is 0.102. The van der Waals surface area contributed by atoms with Crippen molar-refractivity contribution in [3.63, 3.8) is 0 Å². The van der Waals surface area contributed by atoms with Gasteiger partial charge in [0.2, 0.25) is 0 Å². The zero-order chi connectivity index (χ0) is 14.5. The summed E-state index contributed by atoms with van der Waals surface area (Å²) in [5.41, 5.74) is 3.61. The van der Waals surface area contributed by atoms with Crippen molar-refractivity contribution in [2.45, 2.75) is 20.8 Å². The van der Waals surface area contributed by atoms with Crippen LogP contribution in [0.25, 0.3) is 0 Å². The van der Waals surface area contributed by atoms with Gasteiger partial charge in [-0.2, -0.15) is 0 Å². The predicted molar refractivity (Wildman–Crippen MR) is 82.3 cm³/mol. The Labute approximate surface area is 119 Å². The lowest BCUT2D eigenvalue weighted by atomic mass is 10.1. The third kappa shape index (κ3) is 3.35. The third-order valence-electron chi connectivity index (χ3n) is 2.99. The minimum Gasteiger partial charge on any atom is -0.385 e. The van der Waals surface area contributed by atoms with E-state index in [0.29, 0.717) is 11.4 Å². The summed E-state index contributed by atoms with van der Waals surface area (Å²) in [5, 5.41) is 6.06. The molecule has 2 aromatic rings. The highest BCUT2D eigenvalue weighted by atomic mass is 16.1. The van der Waals surface area contributed by atoms with Gasteiger partial charge in [-0.1, -0.05) is 6.07 Å². The van der Waals surface area contributed by atoms with Gasteiger partial charge in [0.05, 0.1) is 0 Å². The Hall–Kier alpha value is -2.36. The second kappa shape index (κ2) is 6.19. The van der Waals surface area contributed by atoms with Crippen LogP contribution in [0, 0.1) is 13.8 Å². The van der Waals surface area contributed by atoms with Gasteiger partial charge in [0.15, 0.2) is 0 Å². The third-order valence-corrected chi connectivity index (χ3v) is 2.99. The number of nitrogens with one attached hydrogen (secondary N) is 2. The standard InChI is InChI=1S/C16H19N3O/c1-4-17-14-9-8-13(10-11(14)2)16(20)19-15-7-5-6-12(3)18-15/h5-10,17H,4H2,1-3H3,(H,18,19,20). The number of amides is 1. The monoisotopic (exact) mass is 269 g/mol. The van der Waals surface area contributed by atoms with Gasteiger partial charge in [-0.25, -0.2) is 4.98 Å². The molecule has 0 bridgehead atoms. The summed E-state index contributed by atoms with van der Waals surface area (Å²) in [7, 11) is 0. The number of nitrogens with zero attached hydrogens (tertiary/aromatic N) is 1. The molecule has 0 aliphatic heterocycles. The molecule has 1 amide bonds. The molecule has 0 aliphatic carbocycles. The Bertz CT molecular complexity index is 623. The quantitative estimate of drug-likeness (QED) is 0.894. The molecule has 0 spiro atoms. The van der Waals surface area contributed by atoms with Gasteiger partial charge in [0, 0.05) is 23.5 Å². The number of aryl methyl sites for hydroxylation is 2. The Kier molecular flexibility index (Phi) is 4.35. The van der Waals surface area contributed by atoms with E-state index >= 15 is 0 Å². The maximum atomic E-state index is 12.2. The number of aromatic nitrogens is 1. The first-order chi connectivity index (χ1) is 9.60. The molecule has 2 N–H and O–H groups in total. The molecule has 104 valence electrons. The summed E-state index contributed by atoms with van der Waals surface area (Å²) in [6.07, 6.45) is 0. The fraction of sp³-hybridized carbons (Fsp3) is 0.250.